The van der Waals surface area contributed by atoms with Crippen molar-refractivity contribution in [3.05, 3.63) is 60.7 Å². The van der Waals surface area contributed by atoms with E-state index in [2.05, 4.69) is 34.9 Å². The number of carbonyl (C=O) groups excluding carboxylic acids is 1. The Labute approximate surface area is 140 Å². The third kappa shape index (κ3) is 6.91. The molecule has 0 aliphatic rings. The molecule has 2 aromatic rings. The summed E-state index contributed by atoms with van der Waals surface area (Å²) >= 11 is 3.48. The molecule has 116 valence electrons. The van der Waals surface area contributed by atoms with Crippen molar-refractivity contribution in [2.75, 3.05) is 24.6 Å². The van der Waals surface area contributed by atoms with Crippen molar-refractivity contribution >= 4 is 29.6 Å². The van der Waals surface area contributed by atoms with Gasteiger partial charge in [-0.2, -0.15) is 0 Å². The maximum Gasteiger partial charge on any atom is 0.314 e. The first-order valence-electron chi connectivity index (χ1n) is 7.22. The van der Waals surface area contributed by atoms with Gasteiger partial charge in [0, 0.05) is 34.4 Å². The Morgan fingerprint density at radius 2 is 1.14 bits per heavy atom. The number of rotatable bonds is 8. The fraction of sp³-hybridized carbons (Fsp3) is 0.235. The summed E-state index contributed by atoms with van der Waals surface area (Å²) in [4.78, 5) is 14.1. The van der Waals surface area contributed by atoms with Gasteiger partial charge in [-0.15, -0.1) is 23.5 Å². The molecule has 0 aromatic heterocycles. The second-order valence-electron chi connectivity index (χ2n) is 4.51. The van der Waals surface area contributed by atoms with Crippen molar-refractivity contribution in [2.24, 2.45) is 0 Å². The molecule has 0 saturated heterocycles. The molecule has 0 unspecified atom stereocenters. The van der Waals surface area contributed by atoms with Crippen LogP contribution in [0.3, 0.4) is 0 Å². The summed E-state index contributed by atoms with van der Waals surface area (Å²) in [5.41, 5.74) is 0. The molecule has 0 spiro atoms. The summed E-state index contributed by atoms with van der Waals surface area (Å²) in [5.74, 6) is 1.74. The first-order chi connectivity index (χ1) is 10.8. The zero-order chi connectivity index (χ0) is 15.5. The van der Waals surface area contributed by atoms with Crippen molar-refractivity contribution in [1.29, 1.82) is 0 Å². The second-order valence-corrected chi connectivity index (χ2v) is 6.84. The molecule has 22 heavy (non-hydrogen) atoms. The molecule has 0 saturated carbocycles. The Balaban J connectivity index is 1.49. The minimum Gasteiger partial charge on any atom is -0.337 e. The Hall–Kier alpha value is -1.59. The lowest BCUT2D eigenvalue weighted by molar-refractivity contribution is 0.242. The zero-order valence-electron chi connectivity index (χ0n) is 12.3. The second kappa shape index (κ2) is 10.2. The maximum absolute atomic E-state index is 11.6. The van der Waals surface area contributed by atoms with E-state index < -0.39 is 0 Å². The normalized spacial score (nSPS) is 10.2. The predicted molar refractivity (Wildman–Crippen MR) is 95.7 cm³/mol. The van der Waals surface area contributed by atoms with Crippen molar-refractivity contribution < 1.29 is 4.79 Å². The number of carbonyl (C=O) groups is 1. The van der Waals surface area contributed by atoms with Gasteiger partial charge in [0.15, 0.2) is 0 Å². The van der Waals surface area contributed by atoms with Crippen molar-refractivity contribution in [1.82, 2.24) is 10.6 Å². The predicted octanol–water partition coefficient (Wildman–Crippen LogP) is 3.87. The number of urea groups is 1. The number of thioether (sulfide) groups is 2. The molecular formula is C17H20N2OS2. The standard InChI is InChI=1S/C17H20N2OS2/c20-17(18-11-13-21-15-7-3-1-4-8-15)19-12-14-22-16-9-5-2-6-10-16/h1-10H,11-14H2,(H2,18,19,20). The summed E-state index contributed by atoms with van der Waals surface area (Å²) in [6.45, 7) is 1.33. The molecular weight excluding hydrogens is 312 g/mol. The van der Waals surface area contributed by atoms with Gasteiger partial charge in [0.25, 0.3) is 0 Å². The van der Waals surface area contributed by atoms with E-state index >= 15 is 0 Å². The van der Waals surface area contributed by atoms with Crippen LogP contribution in [-0.2, 0) is 0 Å². The topological polar surface area (TPSA) is 41.1 Å². The largest absolute Gasteiger partial charge is 0.337 e. The van der Waals surface area contributed by atoms with Crippen LogP contribution in [-0.4, -0.2) is 30.6 Å². The number of amides is 2. The van der Waals surface area contributed by atoms with Crippen LogP contribution < -0.4 is 10.6 Å². The van der Waals surface area contributed by atoms with Crippen LogP contribution in [0.2, 0.25) is 0 Å². The highest BCUT2D eigenvalue weighted by Gasteiger charge is 1.99. The molecule has 0 atom stereocenters. The molecule has 2 amide bonds. The Morgan fingerprint density at radius 3 is 1.55 bits per heavy atom. The summed E-state index contributed by atoms with van der Waals surface area (Å²) in [5, 5.41) is 5.74. The number of hydrogen-bond donors (Lipinski definition) is 2. The van der Waals surface area contributed by atoms with Crippen molar-refractivity contribution in [3.63, 3.8) is 0 Å². The summed E-state index contributed by atoms with van der Waals surface area (Å²) in [7, 11) is 0. The number of nitrogens with one attached hydrogen (secondary N) is 2. The Morgan fingerprint density at radius 1 is 0.727 bits per heavy atom. The van der Waals surface area contributed by atoms with Crippen LogP contribution >= 0.6 is 23.5 Å². The molecule has 0 bridgehead atoms. The monoisotopic (exact) mass is 332 g/mol. The van der Waals surface area contributed by atoms with E-state index in [9.17, 15) is 4.79 Å². The maximum atomic E-state index is 11.6. The zero-order valence-corrected chi connectivity index (χ0v) is 14.0. The van der Waals surface area contributed by atoms with Gasteiger partial charge >= 0.3 is 6.03 Å². The number of benzene rings is 2. The van der Waals surface area contributed by atoms with Gasteiger partial charge in [0.05, 0.1) is 0 Å². The van der Waals surface area contributed by atoms with E-state index in [1.807, 2.05) is 36.4 Å². The smallest absolute Gasteiger partial charge is 0.314 e. The first kappa shape index (κ1) is 16.8. The van der Waals surface area contributed by atoms with Gasteiger partial charge in [-0.3, -0.25) is 0 Å². The van der Waals surface area contributed by atoms with E-state index in [1.54, 1.807) is 23.5 Å². The van der Waals surface area contributed by atoms with Crippen molar-refractivity contribution in [2.45, 2.75) is 9.79 Å². The molecule has 2 aromatic carbocycles. The van der Waals surface area contributed by atoms with Gasteiger partial charge < -0.3 is 10.6 Å². The van der Waals surface area contributed by atoms with Crippen LogP contribution in [0.5, 0.6) is 0 Å². The van der Waals surface area contributed by atoms with E-state index in [-0.39, 0.29) is 6.03 Å². The average molecular weight is 332 g/mol. The third-order valence-electron chi connectivity index (χ3n) is 2.80. The average Bonchev–Trinajstić information content (AvgIpc) is 2.57. The van der Waals surface area contributed by atoms with Crippen LogP contribution in [0.1, 0.15) is 0 Å². The van der Waals surface area contributed by atoms with E-state index in [1.165, 1.54) is 9.79 Å². The molecule has 0 aliphatic heterocycles. The molecule has 0 heterocycles. The van der Waals surface area contributed by atoms with Crippen LogP contribution in [0.25, 0.3) is 0 Å². The van der Waals surface area contributed by atoms with E-state index in [0.717, 1.165) is 11.5 Å². The van der Waals surface area contributed by atoms with Crippen LogP contribution in [0, 0.1) is 0 Å². The summed E-state index contributed by atoms with van der Waals surface area (Å²) < 4.78 is 0. The minimum atomic E-state index is -0.0951. The summed E-state index contributed by atoms with van der Waals surface area (Å²) in [6, 6.07) is 20.3. The molecule has 0 radical (unpaired) electrons. The van der Waals surface area contributed by atoms with Gasteiger partial charge in [-0.05, 0) is 24.3 Å². The molecule has 0 fully saturated rings. The highest BCUT2D eigenvalue weighted by atomic mass is 32.2. The van der Waals surface area contributed by atoms with Gasteiger partial charge in [-0.25, -0.2) is 4.79 Å². The van der Waals surface area contributed by atoms with E-state index in [4.69, 9.17) is 0 Å². The number of hydrogen-bond acceptors (Lipinski definition) is 3. The highest BCUT2D eigenvalue weighted by molar-refractivity contribution is 7.99. The fourth-order valence-electron chi connectivity index (χ4n) is 1.76. The molecule has 3 nitrogen and oxygen atoms in total. The highest BCUT2D eigenvalue weighted by Crippen LogP contribution is 2.16. The van der Waals surface area contributed by atoms with Gasteiger partial charge in [0.2, 0.25) is 0 Å². The van der Waals surface area contributed by atoms with Crippen LogP contribution in [0.4, 0.5) is 4.79 Å². The lowest BCUT2D eigenvalue weighted by atomic mass is 10.4. The lowest BCUT2D eigenvalue weighted by Gasteiger charge is -2.07. The quantitative estimate of drug-likeness (QED) is 0.569. The van der Waals surface area contributed by atoms with Crippen molar-refractivity contribution in [3.8, 4) is 0 Å². The Bertz CT molecular complexity index is 500. The lowest BCUT2D eigenvalue weighted by Crippen LogP contribution is -2.37. The fourth-order valence-corrected chi connectivity index (χ4v) is 3.34. The first-order valence-corrected chi connectivity index (χ1v) is 9.19. The molecule has 0 aliphatic carbocycles. The molecule has 2 N–H and O–H groups in total. The Kier molecular flexibility index (Phi) is 7.77. The van der Waals surface area contributed by atoms with Gasteiger partial charge in [0.1, 0.15) is 0 Å². The van der Waals surface area contributed by atoms with E-state index in [0.29, 0.717) is 13.1 Å². The van der Waals surface area contributed by atoms with Crippen LogP contribution in [0.15, 0.2) is 70.5 Å². The third-order valence-corrected chi connectivity index (χ3v) is 4.83. The minimum absolute atomic E-state index is 0.0951. The van der Waals surface area contributed by atoms with Gasteiger partial charge in [-0.1, -0.05) is 36.4 Å². The molecule has 2 rings (SSSR count). The summed E-state index contributed by atoms with van der Waals surface area (Å²) in [6.07, 6.45) is 0. The molecule has 5 heteroatoms. The SMILES string of the molecule is O=C(NCCSc1ccccc1)NCCSc1ccccc1.